The largest absolute Gasteiger partial charge is 0.361 e. The van der Waals surface area contributed by atoms with Crippen LogP contribution in [-0.4, -0.2) is 38.4 Å². The summed E-state index contributed by atoms with van der Waals surface area (Å²) in [5.74, 6) is 1.67. The van der Waals surface area contributed by atoms with Crippen LogP contribution in [0.3, 0.4) is 0 Å². The summed E-state index contributed by atoms with van der Waals surface area (Å²) in [5, 5.41) is 8.29. The summed E-state index contributed by atoms with van der Waals surface area (Å²) in [6, 6.07) is 2.39. The molecule has 102 valence electrons. The minimum Gasteiger partial charge on any atom is -0.361 e. The van der Waals surface area contributed by atoms with Gasteiger partial charge >= 0.3 is 0 Å². The smallest absolute Gasteiger partial charge is 0.140 e. The standard InChI is InChI=1S/C13H19N5O/c1-10(18-9-14-8-15-18)6-17(2)7-12-5-13(19-16-12)11-3-4-11/h5,8-11H,3-4,6-7H2,1-2H3/t10-/m1/s1. The zero-order valence-corrected chi connectivity index (χ0v) is 11.4. The van der Waals surface area contributed by atoms with E-state index in [9.17, 15) is 0 Å². The first-order valence-corrected chi connectivity index (χ1v) is 6.70. The highest BCUT2D eigenvalue weighted by Crippen LogP contribution is 2.40. The molecule has 3 rings (SSSR count). The molecule has 6 nitrogen and oxygen atoms in total. The Labute approximate surface area is 112 Å². The minimum absolute atomic E-state index is 0.294. The van der Waals surface area contributed by atoms with E-state index >= 15 is 0 Å². The summed E-state index contributed by atoms with van der Waals surface area (Å²) in [7, 11) is 2.08. The number of hydrogen-bond acceptors (Lipinski definition) is 5. The van der Waals surface area contributed by atoms with Crippen LogP contribution in [-0.2, 0) is 6.54 Å². The second-order valence-electron chi connectivity index (χ2n) is 5.42. The van der Waals surface area contributed by atoms with Crippen LogP contribution in [0.25, 0.3) is 0 Å². The average Bonchev–Trinajstić information content (AvgIpc) is 2.91. The van der Waals surface area contributed by atoms with E-state index in [1.807, 2.05) is 4.68 Å². The van der Waals surface area contributed by atoms with Gasteiger partial charge in [0.1, 0.15) is 18.4 Å². The van der Waals surface area contributed by atoms with Crippen LogP contribution in [0.5, 0.6) is 0 Å². The van der Waals surface area contributed by atoms with Gasteiger partial charge in [-0.2, -0.15) is 5.10 Å². The zero-order valence-electron chi connectivity index (χ0n) is 11.4. The molecule has 0 bridgehead atoms. The molecule has 0 spiro atoms. The maximum Gasteiger partial charge on any atom is 0.140 e. The van der Waals surface area contributed by atoms with Crippen LogP contribution in [0.2, 0.25) is 0 Å². The maximum atomic E-state index is 5.36. The summed E-state index contributed by atoms with van der Waals surface area (Å²) in [5.41, 5.74) is 1.01. The van der Waals surface area contributed by atoms with Gasteiger partial charge in [-0.15, -0.1) is 0 Å². The third kappa shape index (κ3) is 3.01. The van der Waals surface area contributed by atoms with Crippen molar-refractivity contribution < 1.29 is 4.52 Å². The molecule has 1 aliphatic carbocycles. The molecular formula is C13H19N5O. The fourth-order valence-corrected chi connectivity index (χ4v) is 2.28. The first-order chi connectivity index (χ1) is 9.22. The third-order valence-electron chi connectivity index (χ3n) is 3.45. The predicted octanol–water partition coefficient (Wildman–Crippen LogP) is 1.84. The summed E-state index contributed by atoms with van der Waals surface area (Å²) >= 11 is 0. The first-order valence-electron chi connectivity index (χ1n) is 6.70. The van der Waals surface area contributed by atoms with E-state index in [0.717, 1.165) is 24.5 Å². The molecule has 2 aromatic heterocycles. The molecule has 0 amide bonds. The van der Waals surface area contributed by atoms with E-state index < -0.39 is 0 Å². The number of nitrogens with zero attached hydrogens (tertiary/aromatic N) is 5. The highest BCUT2D eigenvalue weighted by Gasteiger charge is 2.27. The SMILES string of the molecule is C[C@H](CN(C)Cc1cc(C2CC2)on1)n1cncn1. The Kier molecular flexibility index (Phi) is 3.33. The molecule has 0 N–H and O–H groups in total. The summed E-state index contributed by atoms with van der Waals surface area (Å²) in [6.45, 7) is 3.83. The highest BCUT2D eigenvalue weighted by molar-refractivity contribution is 5.14. The number of rotatable bonds is 6. The van der Waals surface area contributed by atoms with Crippen LogP contribution in [0, 0.1) is 0 Å². The lowest BCUT2D eigenvalue weighted by Gasteiger charge is -2.20. The maximum absolute atomic E-state index is 5.36. The Morgan fingerprint density at radius 3 is 3.05 bits per heavy atom. The van der Waals surface area contributed by atoms with Gasteiger partial charge in [-0.05, 0) is 26.8 Å². The van der Waals surface area contributed by atoms with Crippen molar-refractivity contribution in [2.45, 2.75) is 38.3 Å². The lowest BCUT2D eigenvalue weighted by molar-refractivity contribution is 0.260. The van der Waals surface area contributed by atoms with Crippen molar-refractivity contribution in [3.8, 4) is 0 Å². The molecule has 1 fully saturated rings. The van der Waals surface area contributed by atoms with Gasteiger partial charge in [0.2, 0.25) is 0 Å². The van der Waals surface area contributed by atoms with Gasteiger partial charge in [-0.25, -0.2) is 9.67 Å². The molecule has 19 heavy (non-hydrogen) atoms. The Bertz CT molecular complexity index is 517. The minimum atomic E-state index is 0.294. The Morgan fingerprint density at radius 2 is 2.37 bits per heavy atom. The molecule has 2 heterocycles. The molecular weight excluding hydrogens is 242 g/mol. The van der Waals surface area contributed by atoms with Crippen molar-refractivity contribution in [1.82, 2.24) is 24.8 Å². The van der Waals surface area contributed by atoms with Crippen molar-refractivity contribution in [3.63, 3.8) is 0 Å². The number of aromatic nitrogens is 4. The van der Waals surface area contributed by atoms with Gasteiger partial charge in [0.15, 0.2) is 0 Å². The Hall–Kier alpha value is -1.69. The fourth-order valence-electron chi connectivity index (χ4n) is 2.28. The van der Waals surface area contributed by atoms with Gasteiger partial charge in [-0.3, -0.25) is 4.90 Å². The van der Waals surface area contributed by atoms with E-state index in [0.29, 0.717) is 12.0 Å². The van der Waals surface area contributed by atoms with Crippen molar-refractivity contribution in [1.29, 1.82) is 0 Å². The van der Waals surface area contributed by atoms with Crippen molar-refractivity contribution >= 4 is 0 Å². The molecule has 0 aliphatic heterocycles. The van der Waals surface area contributed by atoms with Crippen molar-refractivity contribution in [3.05, 3.63) is 30.2 Å². The van der Waals surface area contributed by atoms with Gasteiger partial charge in [0.05, 0.1) is 11.7 Å². The van der Waals surface area contributed by atoms with E-state index in [1.165, 1.54) is 12.8 Å². The lowest BCUT2D eigenvalue weighted by Crippen LogP contribution is -2.26. The van der Waals surface area contributed by atoms with Crippen molar-refractivity contribution in [2.75, 3.05) is 13.6 Å². The van der Waals surface area contributed by atoms with E-state index in [-0.39, 0.29) is 0 Å². The van der Waals surface area contributed by atoms with Gasteiger partial charge in [-0.1, -0.05) is 5.16 Å². The quantitative estimate of drug-likeness (QED) is 0.794. The van der Waals surface area contributed by atoms with Gasteiger partial charge < -0.3 is 4.52 Å². The predicted molar refractivity (Wildman–Crippen MR) is 69.5 cm³/mol. The second-order valence-corrected chi connectivity index (χ2v) is 5.42. The average molecular weight is 261 g/mol. The topological polar surface area (TPSA) is 60.0 Å². The zero-order chi connectivity index (χ0) is 13.2. The van der Waals surface area contributed by atoms with Crippen LogP contribution >= 0.6 is 0 Å². The monoisotopic (exact) mass is 261 g/mol. The molecule has 2 aromatic rings. The van der Waals surface area contributed by atoms with Crippen LogP contribution in [0.15, 0.2) is 23.2 Å². The lowest BCUT2D eigenvalue weighted by atomic mass is 10.2. The van der Waals surface area contributed by atoms with E-state index in [4.69, 9.17) is 4.52 Å². The van der Waals surface area contributed by atoms with E-state index in [1.54, 1.807) is 12.7 Å². The molecule has 0 radical (unpaired) electrons. The van der Waals surface area contributed by atoms with Gasteiger partial charge in [0, 0.05) is 25.1 Å². The molecule has 6 heteroatoms. The van der Waals surface area contributed by atoms with Crippen LogP contribution < -0.4 is 0 Å². The Morgan fingerprint density at radius 1 is 1.53 bits per heavy atom. The van der Waals surface area contributed by atoms with Gasteiger partial charge in [0.25, 0.3) is 0 Å². The summed E-state index contributed by atoms with van der Waals surface area (Å²) in [6.07, 6.45) is 5.80. The number of hydrogen-bond donors (Lipinski definition) is 0. The summed E-state index contributed by atoms with van der Waals surface area (Å²) in [4.78, 5) is 6.19. The third-order valence-corrected chi connectivity index (χ3v) is 3.45. The summed E-state index contributed by atoms with van der Waals surface area (Å²) < 4.78 is 7.23. The fraction of sp³-hybridized carbons (Fsp3) is 0.615. The normalized spacial score (nSPS) is 17.0. The first kappa shape index (κ1) is 12.3. The van der Waals surface area contributed by atoms with E-state index in [2.05, 4.69) is 40.2 Å². The Balaban J connectivity index is 1.53. The molecule has 1 atom stereocenters. The highest BCUT2D eigenvalue weighted by atomic mass is 16.5. The molecule has 0 aromatic carbocycles. The van der Waals surface area contributed by atoms with Crippen LogP contribution in [0.1, 0.15) is 43.2 Å². The van der Waals surface area contributed by atoms with Crippen LogP contribution in [0.4, 0.5) is 0 Å². The molecule has 1 saturated carbocycles. The molecule has 1 aliphatic rings. The number of likely N-dealkylation sites (N-methyl/N-ethyl adjacent to an activating group) is 1. The van der Waals surface area contributed by atoms with Crippen molar-refractivity contribution in [2.24, 2.45) is 0 Å². The molecule has 0 saturated heterocycles. The molecule has 0 unspecified atom stereocenters. The second kappa shape index (κ2) is 5.13.